The molecule has 1 amide bonds. The van der Waals surface area contributed by atoms with Gasteiger partial charge in [0.15, 0.2) is 0 Å². The highest BCUT2D eigenvalue weighted by Crippen LogP contribution is 2.17. The van der Waals surface area contributed by atoms with Gasteiger partial charge in [-0.3, -0.25) is 4.79 Å². The number of aliphatic carboxylic acids is 1. The lowest BCUT2D eigenvalue weighted by atomic mass is 10.2. The van der Waals surface area contributed by atoms with Gasteiger partial charge >= 0.3 is 0 Å². The average molecular weight is 250 g/mol. The second kappa shape index (κ2) is 7.32. The van der Waals surface area contributed by atoms with Crippen molar-refractivity contribution in [3.63, 3.8) is 0 Å². The largest absolute Gasteiger partial charge is 0.550 e. The Bertz CT molecular complexity index is 417. The predicted molar refractivity (Wildman–Crippen MR) is 63.7 cm³/mol. The van der Waals surface area contributed by atoms with E-state index in [4.69, 9.17) is 4.74 Å². The predicted octanol–water partition coefficient (Wildman–Crippen LogP) is 0.232. The molecule has 18 heavy (non-hydrogen) atoms. The number of benzene rings is 1. The molecule has 0 radical (unpaired) electrons. The fraction of sp³-hybridized carbons (Fsp3) is 0.385. The number of carboxylic acids is 1. The molecule has 0 aliphatic carbocycles. The highest BCUT2D eigenvalue weighted by Gasteiger charge is 2.05. The molecule has 1 rings (SSSR count). The molecule has 1 aromatic carbocycles. The van der Waals surface area contributed by atoms with Crippen LogP contribution in [0.15, 0.2) is 24.3 Å². The van der Waals surface area contributed by atoms with Gasteiger partial charge in [-0.2, -0.15) is 0 Å². The van der Waals surface area contributed by atoms with Crippen LogP contribution in [-0.2, 0) is 16.1 Å². The Morgan fingerprint density at radius 1 is 1.28 bits per heavy atom. The van der Waals surface area contributed by atoms with Crippen molar-refractivity contribution in [1.29, 1.82) is 0 Å². The molecule has 0 aromatic heterocycles. The second-order valence-electron chi connectivity index (χ2n) is 3.69. The highest BCUT2D eigenvalue weighted by atomic mass is 16.5. The van der Waals surface area contributed by atoms with Crippen LogP contribution in [0.3, 0.4) is 0 Å². The van der Waals surface area contributed by atoms with E-state index >= 15 is 0 Å². The molecule has 98 valence electrons. The highest BCUT2D eigenvalue weighted by molar-refractivity contribution is 5.80. The van der Waals surface area contributed by atoms with Crippen LogP contribution in [0.25, 0.3) is 0 Å². The standard InChI is InChI=1S/C13H17NO4/c1-2-18-11-6-4-3-5-10(11)9-14-12(15)7-8-13(16)17/h3-6H,2,7-9H2,1H3,(H,14,15)(H,16,17)/p-1. The van der Waals surface area contributed by atoms with Gasteiger partial charge in [0.2, 0.25) is 5.91 Å². The van der Waals surface area contributed by atoms with E-state index in [1.807, 2.05) is 31.2 Å². The molecule has 5 heteroatoms. The van der Waals surface area contributed by atoms with Gasteiger partial charge in [-0.15, -0.1) is 0 Å². The van der Waals surface area contributed by atoms with Crippen LogP contribution in [0.2, 0.25) is 0 Å². The van der Waals surface area contributed by atoms with Crippen molar-refractivity contribution in [3.8, 4) is 5.75 Å². The summed E-state index contributed by atoms with van der Waals surface area (Å²) in [6.45, 7) is 2.76. The first-order valence-electron chi connectivity index (χ1n) is 5.80. The van der Waals surface area contributed by atoms with Crippen molar-refractivity contribution in [2.75, 3.05) is 6.61 Å². The van der Waals surface area contributed by atoms with Gasteiger partial charge in [0.05, 0.1) is 6.61 Å². The zero-order chi connectivity index (χ0) is 13.4. The van der Waals surface area contributed by atoms with E-state index in [0.717, 1.165) is 11.3 Å². The molecule has 1 N–H and O–H groups in total. The molecule has 0 aliphatic heterocycles. The summed E-state index contributed by atoms with van der Waals surface area (Å²) in [7, 11) is 0. The Hall–Kier alpha value is -2.04. The van der Waals surface area contributed by atoms with Crippen molar-refractivity contribution in [3.05, 3.63) is 29.8 Å². The summed E-state index contributed by atoms with van der Waals surface area (Å²) in [4.78, 5) is 21.6. The SMILES string of the molecule is CCOc1ccccc1CNC(=O)CCC(=O)[O-]. The first kappa shape index (κ1) is 14.0. The minimum absolute atomic E-state index is 0.0703. The number of carbonyl (C=O) groups is 2. The number of carboxylic acid groups (broad SMARTS) is 1. The van der Waals surface area contributed by atoms with E-state index in [1.54, 1.807) is 0 Å². The number of hydrogen-bond donors (Lipinski definition) is 1. The topological polar surface area (TPSA) is 78.5 Å². The fourth-order valence-electron chi connectivity index (χ4n) is 1.44. The maximum Gasteiger partial charge on any atom is 0.220 e. The number of carbonyl (C=O) groups excluding carboxylic acids is 2. The molecule has 1 aromatic rings. The van der Waals surface area contributed by atoms with Gasteiger partial charge in [-0.1, -0.05) is 18.2 Å². The third-order valence-corrected chi connectivity index (χ3v) is 2.30. The smallest absolute Gasteiger partial charge is 0.220 e. The van der Waals surface area contributed by atoms with E-state index in [2.05, 4.69) is 5.32 Å². The second-order valence-corrected chi connectivity index (χ2v) is 3.69. The molecular weight excluding hydrogens is 234 g/mol. The van der Waals surface area contributed by atoms with Crippen molar-refractivity contribution in [2.24, 2.45) is 0 Å². The Labute approximate surface area is 106 Å². The van der Waals surface area contributed by atoms with Gasteiger partial charge in [0.1, 0.15) is 5.75 Å². The Kier molecular flexibility index (Phi) is 5.70. The third kappa shape index (κ3) is 4.86. The van der Waals surface area contributed by atoms with Crippen LogP contribution in [0, 0.1) is 0 Å². The number of ether oxygens (including phenoxy) is 1. The zero-order valence-corrected chi connectivity index (χ0v) is 10.3. The summed E-state index contributed by atoms with van der Waals surface area (Å²) in [5.74, 6) is -0.814. The van der Waals surface area contributed by atoms with E-state index < -0.39 is 5.97 Å². The minimum atomic E-state index is -1.22. The Balaban J connectivity index is 2.47. The lowest BCUT2D eigenvalue weighted by Gasteiger charge is -2.11. The summed E-state index contributed by atoms with van der Waals surface area (Å²) in [5, 5.41) is 12.8. The summed E-state index contributed by atoms with van der Waals surface area (Å²) < 4.78 is 5.41. The fourth-order valence-corrected chi connectivity index (χ4v) is 1.44. The Morgan fingerprint density at radius 3 is 2.67 bits per heavy atom. The summed E-state index contributed by atoms with van der Waals surface area (Å²) in [6.07, 6.45) is -0.335. The van der Waals surface area contributed by atoms with E-state index in [9.17, 15) is 14.7 Å². The molecular formula is C13H16NO4-. The Morgan fingerprint density at radius 2 is 2.00 bits per heavy atom. The number of hydrogen-bond acceptors (Lipinski definition) is 4. The molecule has 0 spiro atoms. The van der Waals surface area contributed by atoms with Crippen LogP contribution in [-0.4, -0.2) is 18.5 Å². The van der Waals surface area contributed by atoms with Crippen LogP contribution in [0.4, 0.5) is 0 Å². The molecule has 0 unspecified atom stereocenters. The molecule has 0 atom stereocenters. The molecule has 5 nitrogen and oxygen atoms in total. The van der Waals surface area contributed by atoms with Crippen LogP contribution in [0.1, 0.15) is 25.3 Å². The molecule has 0 saturated heterocycles. The maximum absolute atomic E-state index is 11.3. The first-order valence-corrected chi connectivity index (χ1v) is 5.80. The molecule has 0 heterocycles. The van der Waals surface area contributed by atoms with E-state index in [0.29, 0.717) is 13.2 Å². The number of nitrogens with one attached hydrogen (secondary N) is 1. The van der Waals surface area contributed by atoms with Crippen LogP contribution in [0.5, 0.6) is 5.75 Å². The number of para-hydroxylation sites is 1. The quantitative estimate of drug-likeness (QED) is 0.751. The van der Waals surface area contributed by atoms with E-state index in [-0.39, 0.29) is 18.7 Å². The molecule has 0 bridgehead atoms. The first-order chi connectivity index (χ1) is 8.63. The van der Waals surface area contributed by atoms with Gasteiger partial charge in [-0.05, 0) is 19.4 Å². The van der Waals surface area contributed by atoms with Crippen molar-refractivity contribution in [2.45, 2.75) is 26.3 Å². The lowest BCUT2D eigenvalue weighted by molar-refractivity contribution is -0.305. The van der Waals surface area contributed by atoms with Crippen LogP contribution >= 0.6 is 0 Å². The summed E-state index contributed by atoms with van der Waals surface area (Å²) >= 11 is 0. The zero-order valence-electron chi connectivity index (χ0n) is 10.3. The van der Waals surface area contributed by atoms with Gasteiger partial charge in [0.25, 0.3) is 0 Å². The maximum atomic E-state index is 11.3. The van der Waals surface area contributed by atoms with Crippen LogP contribution < -0.4 is 15.2 Å². The van der Waals surface area contributed by atoms with Crippen molar-refractivity contribution < 1.29 is 19.4 Å². The summed E-state index contributed by atoms with van der Waals surface area (Å²) in [6, 6.07) is 7.38. The number of rotatable bonds is 7. The molecule has 0 aliphatic rings. The summed E-state index contributed by atoms with van der Waals surface area (Å²) in [5.41, 5.74) is 0.862. The van der Waals surface area contributed by atoms with E-state index in [1.165, 1.54) is 0 Å². The van der Waals surface area contributed by atoms with Crippen molar-refractivity contribution >= 4 is 11.9 Å². The van der Waals surface area contributed by atoms with Gasteiger partial charge in [-0.25, -0.2) is 0 Å². The molecule has 0 saturated carbocycles. The van der Waals surface area contributed by atoms with Gasteiger partial charge in [0, 0.05) is 24.5 Å². The average Bonchev–Trinajstić information content (AvgIpc) is 2.35. The van der Waals surface area contributed by atoms with Crippen molar-refractivity contribution in [1.82, 2.24) is 5.32 Å². The lowest BCUT2D eigenvalue weighted by Crippen LogP contribution is -2.27. The normalized spacial score (nSPS) is 9.83. The third-order valence-electron chi connectivity index (χ3n) is 2.30. The monoisotopic (exact) mass is 250 g/mol. The van der Waals surface area contributed by atoms with Gasteiger partial charge < -0.3 is 20.0 Å². The number of amides is 1. The molecule has 0 fully saturated rings. The minimum Gasteiger partial charge on any atom is -0.550 e.